The van der Waals surface area contributed by atoms with Crippen LogP contribution in [0, 0.1) is 0 Å². The molecule has 0 aliphatic carbocycles. The first-order valence-corrected chi connectivity index (χ1v) is 9.73. The van der Waals surface area contributed by atoms with Crippen molar-refractivity contribution in [1.29, 1.82) is 0 Å². The zero-order valence-electron chi connectivity index (χ0n) is 16.1. The van der Waals surface area contributed by atoms with E-state index in [0.29, 0.717) is 42.3 Å². The molecule has 1 atom stereocenters. The molecule has 3 rings (SSSR count). The van der Waals surface area contributed by atoms with E-state index in [9.17, 15) is 9.59 Å². The first-order chi connectivity index (χ1) is 14.1. The van der Waals surface area contributed by atoms with Gasteiger partial charge >= 0.3 is 0 Å². The number of benzene rings is 2. The minimum Gasteiger partial charge on any atom is -0.496 e. The number of methoxy groups -OCH3 is 1. The van der Waals surface area contributed by atoms with Gasteiger partial charge in [-0.25, -0.2) is 5.48 Å². The highest BCUT2D eigenvalue weighted by Crippen LogP contribution is 2.25. The lowest BCUT2D eigenvalue weighted by Crippen LogP contribution is -2.33. The van der Waals surface area contributed by atoms with Gasteiger partial charge in [0.1, 0.15) is 11.9 Å². The fourth-order valence-electron chi connectivity index (χ4n) is 3.12. The SMILES string of the molecule is COc1ccc(Cl)cc1C(=O)N1CC[C@H](ONC(=O)/C=C/Cc2ccccc2)C1. The number of hydroxylamine groups is 1. The van der Waals surface area contributed by atoms with Crippen LogP contribution in [0.2, 0.25) is 5.02 Å². The molecule has 152 valence electrons. The molecule has 6 nitrogen and oxygen atoms in total. The normalized spacial score (nSPS) is 16.2. The Morgan fingerprint density at radius 2 is 2.03 bits per heavy atom. The molecule has 1 heterocycles. The van der Waals surface area contributed by atoms with Crippen molar-refractivity contribution in [3.63, 3.8) is 0 Å². The summed E-state index contributed by atoms with van der Waals surface area (Å²) in [6.07, 6.45) is 4.26. The van der Waals surface area contributed by atoms with Crippen LogP contribution in [0.1, 0.15) is 22.3 Å². The number of nitrogens with zero attached hydrogens (tertiary/aromatic N) is 1. The number of likely N-dealkylation sites (tertiary alicyclic amines) is 1. The summed E-state index contributed by atoms with van der Waals surface area (Å²) in [6.45, 7) is 0.904. The van der Waals surface area contributed by atoms with E-state index in [-0.39, 0.29) is 17.9 Å². The Hall–Kier alpha value is -2.83. The van der Waals surface area contributed by atoms with Gasteiger partial charge in [0, 0.05) is 24.2 Å². The van der Waals surface area contributed by atoms with Gasteiger partial charge in [0.15, 0.2) is 0 Å². The van der Waals surface area contributed by atoms with Crippen LogP contribution >= 0.6 is 11.6 Å². The highest BCUT2D eigenvalue weighted by molar-refractivity contribution is 6.31. The van der Waals surface area contributed by atoms with Gasteiger partial charge in [-0.1, -0.05) is 48.0 Å². The summed E-state index contributed by atoms with van der Waals surface area (Å²) in [5.74, 6) is -0.0348. The predicted molar refractivity (Wildman–Crippen MR) is 111 cm³/mol. The summed E-state index contributed by atoms with van der Waals surface area (Å²) in [6, 6.07) is 14.8. The van der Waals surface area contributed by atoms with E-state index in [0.717, 1.165) is 5.56 Å². The zero-order valence-corrected chi connectivity index (χ0v) is 16.9. The zero-order chi connectivity index (χ0) is 20.6. The molecule has 1 saturated heterocycles. The van der Waals surface area contributed by atoms with Gasteiger partial charge in [-0.3, -0.25) is 14.4 Å². The molecule has 1 aliphatic rings. The summed E-state index contributed by atoms with van der Waals surface area (Å²) < 4.78 is 5.25. The summed E-state index contributed by atoms with van der Waals surface area (Å²) in [5, 5.41) is 0.468. The number of hydrogen-bond donors (Lipinski definition) is 1. The molecular formula is C22H23ClN2O4. The lowest BCUT2D eigenvalue weighted by Gasteiger charge is -2.18. The third-order valence-electron chi connectivity index (χ3n) is 4.62. The van der Waals surface area contributed by atoms with Gasteiger partial charge in [0.05, 0.1) is 12.7 Å². The van der Waals surface area contributed by atoms with Gasteiger partial charge in [-0.05, 0) is 36.6 Å². The Kier molecular flexibility index (Phi) is 7.27. The summed E-state index contributed by atoms with van der Waals surface area (Å²) in [7, 11) is 1.51. The first-order valence-electron chi connectivity index (χ1n) is 9.35. The standard InChI is InChI=1S/C22H23ClN2O4/c1-28-20-11-10-17(23)14-19(20)22(27)25-13-12-18(15-25)29-24-21(26)9-5-8-16-6-3-2-4-7-16/h2-7,9-11,14,18H,8,12-13,15H2,1H3,(H,24,26)/b9-5+/t18-/m0/s1. The monoisotopic (exact) mass is 414 g/mol. The van der Waals surface area contributed by atoms with Crippen LogP contribution in [-0.2, 0) is 16.1 Å². The van der Waals surface area contributed by atoms with Crippen molar-refractivity contribution in [1.82, 2.24) is 10.4 Å². The minimum atomic E-state index is -0.331. The first kappa shape index (κ1) is 20.9. The van der Waals surface area contributed by atoms with Crippen LogP contribution in [0.3, 0.4) is 0 Å². The molecule has 1 aliphatic heterocycles. The smallest absolute Gasteiger partial charge is 0.267 e. The Labute approximate surface area is 175 Å². The number of carbonyl (C=O) groups excluding carboxylic acids is 2. The van der Waals surface area contributed by atoms with Gasteiger partial charge in [-0.2, -0.15) is 0 Å². The van der Waals surface area contributed by atoms with E-state index in [1.807, 2.05) is 30.3 Å². The summed E-state index contributed by atoms with van der Waals surface area (Å²) in [4.78, 5) is 31.8. The number of carbonyl (C=O) groups is 2. The average Bonchev–Trinajstić information content (AvgIpc) is 3.21. The third-order valence-corrected chi connectivity index (χ3v) is 4.85. The highest BCUT2D eigenvalue weighted by Gasteiger charge is 2.29. The Morgan fingerprint density at radius 3 is 2.79 bits per heavy atom. The number of nitrogens with one attached hydrogen (secondary N) is 1. The fraction of sp³-hybridized carbons (Fsp3) is 0.273. The lowest BCUT2D eigenvalue weighted by atomic mass is 10.1. The fourth-order valence-corrected chi connectivity index (χ4v) is 3.29. The number of ether oxygens (including phenoxy) is 1. The van der Waals surface area contributed by atoms with E-state index < -0.39 is 0 Å². The number of hydrogen-bond acceptors (Lipinski definition) is 4. The van der Waals surface area contributed by atoms with Crippen LogP contribution in [-0.4, -0.2) is 43.0 Å². The van der Waals surface area contributed by atoms with Crippen LogP contribution < -0.4 is 10.2 Å². The van der Waals surface area contributed by atoms with Gasteiger partial charge in [0.25, 0.3) is 11.8 Å². The van der Waals surface area contributed by atoms with Crippen molar-refractivity contribution >= 4 is 23.4 Å². The molecule has 29 heavy (non-hydrogen) atoms. The molecule has 2 aromatic rings. The van der Waals surface area contributed by atoms with Crippen LogP contribution in [0.5, 0.6) is 5.75 Å². The highest BCUT2D eigenvalue weighted by atomic mass is 35.5. The molecule has 0 spiro atoms. The second-order valence-electron chi connectivity index (χ2n) is 6.68. The van der Waals surface area contributed by atoms with Crippen molar-refractivity contribution in [2.45, 2.75) is 18.9 Å². The summed E-state index contributed by atoms with van der Waals surface area (Å²) >= 11 is 6.01. The topological polar surface area (TPSA) is 67.9 Å². The van der Waals surface area contributed by atoms with E-state index >= 15 is 0 Å². The molecular weight excluding hydrogens is 392 g/mol. The van der Waals surface area contributed by atoms with Crippen LogP contribution in [0.4, 0.5) is 0 Å². The van der Waals surface area contributed by atoms with Crippen molar-refractivity contribution < 1.29 is 19.2 Å². The third kappa shape index (κ3) is 5.82. The molecule has 0 aromatic heterocycles. The van der Waals surface area contributed by atoms with Crippen molar-refractivity contribution in [2.24, 2.45) is 0 Å². The van der Waals surface area contributed by atoms with E-state index in [1.54, 1.807) is 29.2 Å². The Morgan fingerprint density at radius 1 is 1.24 bits per heavy atom. The van der Waals surface area contributed by atoms with Gasteiger partial charge in [0.2, 0.25) is 0 Å². The quantitative estimate of drug-likeness (QED) is 0.557. The Bertz CT molecular complexity index is 886. The molecule has 7 heteroatoms. The molecule has 0 radical (unpaired) electrons. The van der Waals surface area contributed by atoms with Crippen molar-refractivity contribution in [2.75, 3.05) is 20.2 Å². The minimum absolute atomic E-state index is 0.176. The maximum atomic E-state index is 12.8. The Balaban J connectivity index is 1.47. The molecule has 2 amide bonds. The van der Waals surface area contributed by atoms with E-state index in [2.05, 4.69) is 5.48 Å². The number of amides is 2. The maximum Gasteiger partial charge on any atom is 0.267 e. The van der Waals surface area contributed by atoms with E-state index in [1.165, 1.54) is 13.2 Å². The van der Waals surface area contributed by atoms with Crippen molar-refractivity contribution in [3.05, 3.63) is 76.8 Å². The number of allylic oxidation sites excluding steroid dienone is 1. The number of rotatable bonds is 7. The predicted octanol–water partition coefficient (Wildman–Crippen LogP) is 3.41. The van der Waals surface area contributed by atoms with Crippen LogP contribution in [0.15, 0.2) is 60.7 Å². The largest absolute Gasteiger partial charge is 0.496 e. The number of halogens is 1. The maximum absolute atomic E-state index is 12.8. The molecule has 1 fully saturated rings. The lowest BCUT2D eigenvalue weighted by molar-refractivity contribution is -0.132. The summed E-state index contributed by atoms with van der Waals surface area (Å²) in [5.41, 5.74) is 3.97. The molecule has 0 unspecified atom stereocenters. The molecule has 1 N–H and O–H groups in total. The van der Waals surface area contributed by atoms with Gasteiger partial charge in [-0.15, -0.1) is 0 Å². The van der Waals surface area contributed by atoms with E-state index in [4.69, 9.17) is 21.2 Å². The molecule has 2 aromatic carbocycles. The molecule has 0 bridgehead atoms. The van der Waals surface area contributed by atoms with Gasteiger partial charge < -0.3 is 9.64 Å². The molecule has 0 saturated carbocycles. The van der Waals surface area contributed by atoms with Crippen molar-refractivity contribution in [3.8, 4) is 5.75 Å². The van der Waals surface area contributed by atoms with Crippen LogP contribution in [0.25, 0.3) is 0 Å². The second-order valence-corrected chi connectivity index (χ2v) is 7.12. The second kappa shape index (κ2) is 10.1. The average molecular weight is 415 g/mol.